The third kappa shape index (κ3) is 7.33. The van der Waals surface area contributed by atoms with Crippen molar-refractivity contribution < 1.29 is 22.3 Å². The molecule has 3 heterocycles. The molecule has 0 saturated carbocycles. The second kappa shape index (κ2) is 11.5. The van der Waals surface area contributed by atoms with Crippen molar-refractivity contribution in [1.29, 1.82) is 0 Å². The minimum atomic E-state index is -4.46. The van der Waals surface area contributed by atoms with Gasteiger partial charge >= 0.3 is 6.18 Å². The number of benzene rings is 1. The van der Waals surface area contributed by atoms with Crippen LogP contribution in [-0.2, 0) is 17.5 Å². The summed E-state index contributed by atoms with van der Waals surface area (Å²) in [5.74, 6) is -0.237. The standard InChI is InChI=1S/C24H26F4N8O/c1-35(2)15-16-9-17(24(26,27)28)11-20(10-16)32-19-4-3-18(29-12-19)13-31-34-23-30-14-21(25)22(33-23)36-5-7-37-8-6-36/h3-4,9-14,32H,5-8,15H2,1-2H3,(H,30,33,34)/b31-13+. The van der Waals surface area contributed by atoms with Gasteiger partial charge in [0.2, 0.25) is 5.95 Å². The number of nitrogens with one attached hydrogen (secondary N) is 2. The SMILES string of the molecule is CN(C)Cc1cc(Nc2ccc(/C=N/Nc3ncc(F)c(N4CCOCC4)n3)nc2)cc(C(F)(F)F)c1. The first-order chi connectivity index (χ1) is 17.7. The molecule has 0 radical (unpaired) electrons. The summed E-state index contributed by atoms with van der Waals surface area (Å²) in [6.45, 7) is 2.40. The average molecular weight is 519 g/mol. The highest BCUT2D eigenvalue weighted by molar-refractivity contribution is 5.78. The molecule has 0 aliphatic carbocycles. The molecule has 1 aliphatic rings. The first-order valence-corrected chi connectivity index (χ1v) is 11.4. The number of anilines is 4. The van der Waals surface area contributed by atoms with Gasteiger partial charge in [0.1, 0.15) is 0 Å². The number of nitrogens with zero attached hydrogens (tertiary/aromatic N) is 6. The van der Waals surface area contributed by atoms with Gasteiger partial charge in [0.25, 0.3) is 0 Å². The van der Waals surface area contributed by atoms with Crippen LogP contribution in [0.5, 0.6) is 0 Å². The molecule has 1 fully saturated rings. The molecule has 4 rings (SSSR count). The number of rotatable bonds is 8. The van der Waals surface area contributed by atoms with Gasteiger partial charge in [-0.05, 0) is 50.0 Å². The molecule has 0 spiro atoms. The van der Waals surface area contributed by atoms with Crippen molar-refractivity contribution in [3.8, 4) is 0 Å². The molecule has 1 aliphatic heterocycles. The molecule has 0 bridgehead atoms. The Balaban J connectivity index is 1.41. The van der Waals surface area contributed by atoms with Gasteiger partial charge in [-0.1, -0.05) is 0 Å². The van der Waals surface area contributed by atoms with Crippen LogP contribution < -0.4 is 15.6 Å². The lowest BCUT2D eigenvalue weighted by atomic mass is 10.1. The topological polar surface area (TPSA) is 90.8 Å². The summed E-state index contributed by atoms with van der Waals surface area (Å²) in [5.41, 5.74) is 3.76. The van der Waals surface area contributed by atoms with Crippen LogP contribution in [0, 0.1) is 5.82 Å². The Kier molecular flexibility index (Phi) is 8.14. The number of ether oxygens (including phenoxy) is 1. The molecule has 0 atom stereocenters. The van der Waals surface area contributed by atoms with E-state index < -0.39 is 17.6 Å². The normalized spacial score (nSPS) is 14.4. The minimum Gasteiger partial charge on any atom is -0.378 e. The summed E-state index contributed by atoms with van der Waals surface area (Å²) in [4.78, 5) is 15.9. The molecule has 196 valence electrons. The summed E-state index contributed by atoms with van der Waals surface area (Å²) in [6.07, 6.45) is -0.476. The summed E-state index contributed by atoms with van der Waals surface area (Å²) < 4.78 is 59.5. The molecule has 2 aromatic heterocycles. The van der Waals surface area contributed by atoms with E-state index in [9.17, 15) is 17.6 Å². The molecule has 2 N–H and O–H groups in total. The van der Waals surface area contributed by atoms with E-state index >= 15 is 0 Å². The molecule has 0 unspecified atom stereocenters. The number of pyridine rings is 1. The predicted molar refractivity (Wildman–Crippen MR) is 133 cm³/mol. The highest BCUT2D eigenvalue weighted by atomic mass is 19.4. The third-order valence-corrected chi connectivity index (χ3v) is 5.29. The summed E-state index contributed by atoms with van der Waals surface area (Å²) in [7, 11) is 3.58. The molecule has 0 amide bonds. The van der Waals surface area contributed by atoms with Gasteiger partial charge in [-0.3, -0.25) is 4.98 Å². The fourth-order valence-corrected chi connectivity index (χ4v) is 3.67. The molecule has 13 heteroatoms. The summed E-state index contributed by atoms with van der Waals surface area (Å²) in [5, 5.41) is 7.01. The zero-order valence-electron chi connectivity index (χ0n) is 20.3. The first kappa shape index (κ1) is 26.2. The maximum absolute atomic E-state index is 14.1. The zero-order valence-corrected chi connectivity index (χ0v) is 20.3. The van der Waals surface area contributed by atoms with E-state index in [0.717, 1.165) is 18.3 Å². The quantitative estimate of drug-likeness (QED) is 0.262. The Bertz CT molecular complexity index is 1230. The predicted octanol–water partition coefficient (Wildman–Crippen LogP) is 4.12. The van der Waals surface area contributed by atoms with Crippen molar-refractivity contribution in [2.45, 2.75) is 12.7 Å². The maximum atomic E-state index is 14.1. The average Bonchev–Trinajstić information content (AvgIpc) is 2.85. The number of alkyl halides is 3. The Morgan fingerprint density at radius 1 is 1.08 bits per heavy atom. The van der Waals surface area contributed by atoms with Crippen LogP contribution in [0.2, 0.25) is 0 Å². The smallest absolute Gasteiger partial charge is 0.378 e. The third-order valence-electron chi connectivity index (χ3n) is 5.29. The van der Waals surface area contributed by atoms with Crippen LogP contribution in [0.4, 0.5) is 40.7 Å². The highest BCUT2D eigenvalue weighted by Gasteiger charge is 2.31. The zero-order chi connectivity index (χ0) is 26.4. The monoisotopic (exact) mass is 518 g/mol. The lowest BCUT2D eigenvalue weighted by molar-refractivity contribution is -0.137. The molecule has 9 nitrogen and oxygen atoms in total. The Hall–Kier alpha value is -3.84. The summed E-state index contributed by atoms with van der Waals surface area (Å²) >= 11 is 0. The Morgan fingerprint density at radius 3 is 2.54 bits per heavy atom. The van der Waals surface area contributed by atoms with Gasteiger partial charge in [0, 0.05) is 25.3 Å². The van der Waals surface area contributed by atoms with E-state index in [1.165, 1.54) is 12.4 Å². The number of hydrogen-bond donors (Lipinski definition) is 2. The second-order valence-electron chi connectivity index (χ2n) is 8.59. The van der Waals surface area contributed by atoms with Crippen LogP contribution in [0.3, 0.4) is 0 Å². The molecular weight excluding hydrogens is 492 g/mol. The van der Waals surface area contributed by atoms with Gasteiger partial charge in [-0.25, -0.2) is 14.8 Å². The van der Waals surface area contributed by atoms with Crippen molar-refractivity contribution in [2.24, 2.45) is 5.10 Å². The van der Waals surface area contributed by atoms with E-state index in [1.807, 2.05) is 0 Å². The minimum absolute atomic E-state index is 0.121. The van der Waals surface area contributed by atoms with Gasteiger partial charge in [-0.15, -0.1) is 0 Å². The summed E-state index contributed by atoms with van der Waals surface area (Å²) in [6, 6.07) is 7.19. The lowest BCUT2D eigenvalue weighted by Gasteiger charge is -2.27. The highest BCUT2D eigenvalue weighted by Crippen LogP contribution is 2.33. The van der Waals surface area contributed by atoms with E-state index in [2.05, 4.69) is 30.8 Å². The van der Waals surface area contributed by atoms with Gasteiger partial charge in [-0.2, -0.15) is 23.3 Å². The molecule has 3 aromatic rings. The van der Waals surface area contributed by atoms with Crippen molar-refractivity contribution in [2.75, 3.05) is 56.0 Å². The van der Waals surface area contributed by atoms with Crippen molar-refractivity contribution in [3.05, 3.63) is 65.4 Å². The number of hydrogen-bond acceptors (Lipinski definition) is 9. The van der Waals surface area contributed by atoms with Crippen molar-refractivity contribution >= 4 is 29.4 Å². The van der Waals surface area contributed by atoms with E-state index in [0.29, 0.717) is 55.5 Å². The maximum Gasteiger partial charge on any atom is 0.416 e. The Labute approximate surface area is 211 Å². The van der Waals surface area contributed by atoms with E-state index in [4.69, 9.17) is 4.74 Å². The van der Waals surface area contributed by atoms with Crippen LogP contribution in [-0.4, -0.2) is 66.5 Å². The second-order valence-corrected chi connectivity index (χ2v) is 8.59. The van der Waals surface area contributed by atoms with E-state index in [-0.39, 0.29) is 11.8 Å². The van der Waals surface area contributed by atoms with Crippen molar-refractivity contribution in [1.82, 2.24) is 19.9 Å². The molecule has 37 heavy (non-hydrogen) atoms. The molecule has 1 saturated heterocycles. The number of hydrazone groups is 1. The van der Waals surface area contributed by atoms with Crippen molar-refractivity contribution in [3.63, 3.8) is 0 Å². The first-order valence-electron chi connectivity index (χ1n) is 11.4. The largest absolute Gasteiger partial charge is 0.416 e. The van der Waals surface area contributed by atoms with Gasteiger partial charge in [0.15, 0.2) is 11.6 Å². The van der Waals surface area contributed by atoms with Crippen LogP contribution in [0.1, 0.15) is 16.8 Å². The van der Waals surface area contributed by atoms with Gasteiger partial charge in [0.05, 0.1) is 48.8 Å². The Morgan fingerprint density at radius 2 is 1.86 bits per heavy atom. The van der Waals surface area contributed by atoms with Crippen LogP contribution in [0.15, 0.2) is 47.8 Å². The van der Waals surface area contributed by atoms with Crippen LogP contribution in [0.25, 0.3) is 0 Å². The fraction of sp³-hybridized carbons (Fsp3) is 0.333. The number of halogens is 4. The lowest BCUT2D eigenvalue weighted by Crippen LogP contribution is -2.37. The number of morpholine rings is 1. The molecular formula is C24H26F4N8O. The van der Waals surface area contributed by atoms with E-state index in [1.54, 1.807) is 42.1 Å². The molecule has 1 aromatic carbocycles. The van der Waals surface area contributed by atoms with Crippen LogP contribution >= 0.6 is 0 Å². The number of aromatic nitrogens is 3. The van der Waals surface area contributed by atoms with Gasteiger partial charge < -0.3 is 19.9 Å². The fourth-order valence-electron chi connectivity index (χ4n) is 3.67.